The van der Waals surface area contributed by atoms with E-state index in [1.54, 1.807) is 24.3 Å². The monoisotopic (exact) mass is 450 g/mol. The standard InChI is InChI=1S/C26H26O7/c27-24-15-21-20(22(16-23(21)32-24)33-25(28)18-7-3-1-4-8-18)11-12-26(30-13-14-31-26)17-29-19-9-5-2-6-10-19/h1-12,20-23H,13-17H2/b12-11+/t20-,21-,22-,23+/m1/s1. The number of benzene rings is 2. The topological polar surface area (TPSA) is 80.3 Å². The molecule has 5 rings (SSSR count). The summed E-state index contributed by atoms with van der Waals surface area (Å²) in [5.41, 5.74) is 0.490. The van der Waals surface area contributed by atoms with Gasteiger partial charge < -0.3 is 23.7 Å². The molecule has 1 saturated carbocycles. The summed E-state index contributed by atoms with van der Waals surface area (Å²) in [7, 11) is 0. The van der Waals surface area contributed by atoms with E-state index in [0.29, 0.717) is 31.6 Å². The number of ether oxygens (including phenoxy) is 5. The van der Waals surface area contributed by atoms with Crippen LogP contribution in [0.4, 0.5) is 0 Å². The average Bonchev–Trinajstić information content (AvgIpc) is 3.53. The normalized spacial score (nSPS) is 27.9. The lowest BCUT2D eigenvalue weighted by molar-refractivity contribution is -0.141. The smallest absolute Gasteiger partial charge is 0.338 e. The van der Waals surface area contributed by atoms with Crippen LogP contribution in [0.15, 0.2) is 72.8 Å². The second kappa shape index (κ2) is 9.37. The Morgan fingerprint density at radius 3 is 2.45 bits per heavy atom. The highest BCUT2D eigenvalue weighted by Gasteiger charge is 2.51. The quantitative estimate of drug-likeness (QED) is 0.471. The lowest BCUT2D eigenvalue weighted by atomic mass is 9.91. The number of carbonyl (C=O) groups is 2. The fraction of sp³-hybridized carbons (Fsp3) is 0.385. The molecule has 172 valence electrons. The first-order valence-electron chi connectivity index (χ1n) is 11.2. The van der Waals surface area contributed by atoms with Gasteiger partial charge >= 0.3 is 11.9 Å². The van der Waals surface area contributed by atoms with Crippen molar-refractivity contribution in [2.24, 2.45) is 11.8 Å². The number of esters is 2. The molecular weight excluding hydrogens is 424 g/mol. The van der Waals surface area contributed by atoms with E-state index >= 15 is 0 Å². The van der Waals surface area contributed by atoms with E-state index in [9.17, 15) is 9.59 Å². The molecule has 0 bridgehead atoms. The Balaban J connectivity index is 1.33. The van der Waals surface area contributed by atoms with Gasteiger partial charge in [0.2, 0.25) is 5.79 Å². The van der Waals surface area contributed by atoms with Crippen LogP contribution in [0.1, 0.15) is 23.2 Å². The van der Waals surface area contributed by atoms with Crippen molar-refractivity contribution in [3.05, 3.63) is 78.4 Å². The van der Waals surface area contributed by atoms with E-state index in [4.69, 9.17) is 23.7 Å². The molecule has 0 N–H and O–H groups in total. The van der Waals surface area contributed by atoms with Crippen LogP contribution < -0.4 is 4.74 Å². The van der Waals surface area contributed by atoms with E-state index in [-0.39, 0.29) is 36.5 Å². The predicted octanol–water partition coefficient (Wildman–Crippen LogP) is 3.54. The van der Waals surface area contributed by atoms with Gasteiger partial charge in [0.05, 0.1) is 25.2 Å². The zero-order valence-corrected chi connectivity index (χ0v) is 18.1. The summed E-state index contributed by atoms with van der Waals surface area (Å²) in [5, 5.41) is 0. The Labute approximate surface area is 192 Å². The number of fused-ring (bicyclic) bond motifs is 1. The third-order valence-electron chi connectivity index (χ3n) is 6.35. The van der Waals surface area contributed by atoms with Gasteiger partial charge in [-0.05, 0) is 30.3 Å². The fourth-order valence-electron chi connectivity index (χ4n) is 4.73. The predicted molar refractivity (Wildman–Crippen MR) is 117 cm³/mol. The summed E-state index contributed by atoms with van der Waals surface area (Å²) in [6.07, 6.45) is 3.87. The van der Waals surface area contributed by atoms with Crippen molar-refractivity contribution in [3.8, 4) is 5.75 Å². The fourth-order valence-corrected chi connectivity index (χ4v) is 4.73. The highest BCUT2D eigenvalue weighted by molar-refractivity contribution is 5.89. The lowest BCUT2D eigenvalue weighted by Gasteiger charge is -2.26. The first-order valence-corrected chi connectivity index (χ1v) is 11.2. The first kappa shape index (κ1) is 21.7. The van der Waals surface area contributed by atoms with Gasteiger partial charge in [0.25, 0.3) is 0 Å². The molecule has 7 nitrogen and oxygen atoms in total. The van der Waals surface area contributed by atoms with Crippen LogP contribution in [0.5, 0.6) is 5.75 Å². The SMILES string of the molecule is O=C1C[C@@H]2[C@@H](/C=C/C3(COc4ccccc4)OCCO3)[C@H](OC(=O)c3ccccc3)C[C@@H]2O1. The summed E-state index contributed by atoms with van der Waals surface area (Å²) < 4.78 is 29.0. The van der Waals surface area contributed by atoms with Gasteiger partial charge in [-0.1, -0.05) is 42.5 Å². The van der Waals surface area contributed by atoms with E-state index < -0.39 is 11.9 Å². The van der Waals surface area contributed by atoms with Gasteiger partial charge in [0.1, 0.15) is 24.6 Å². The number of hydrogen-bond donors (Lipinski definition) is 0. The Bertz CT molecular complexity index is 998. The highest BCUT2D eigenvalue weighted by atomic mass is 16.8. The zero-order valence-electron chi connectivity index (χ0n) is 18.1. The van der Waals surface area contributed by atoms with Crippen LogP contribution in [0.25, 0.3) is 0 Å². The lowest BCUT2D eigenvalue weighted by Crippen LogP contribution is -2.36. The van der Waals surface area contributed by atoms with Crippen molar-refractivity contribution in [3.63, 3.8) is 0 Å². The third kappa shape index (κ3) is 4.79. The second-order valence-corrected chi connectivity index (χ2v) is 8.49. The minimum absolute atomic E-state index is 0.0594. The van der Waals surface area contributed by atoms with Crippen molar-refractivity contribution >= 4 is 11.9 Å². The number of para-hydroxylation sites is 1. The largest absolute Gasteiger partial charge is 0.488 e. The van der Waals surface area contributed by atoms with E-state index in [1.807, 2.05) is 48.6 Å². The molecule has 2 saturated heterocycles. The molecule has 1 aliphatic carbocycles. The van der Waals surface area contributed by atoms with Gasteiger partial charge in [-0.15, -0.1) is 0 Å². The van der Waals surface area contributed by atoms with Crippen LogP contribution in [0.2, 0.25) is 0 Å². The van der Waals surface area contributed by atoms with Crippen molar-refractivity contribution in [1.82, 2.24) is 0 Å². The molecular formula is C26H26O7. The summed E-state index contributed by atoms with van der Waals surface area (Å²) in [4.78, 5) is 24.6. The van der Waals surface area contributed by atoms with Crippen LogP contribution in [-0.2, 0) is 23.7 Å². The second-order valence-electron chi connectivity index (χ2n) is 8.49. The Hall–Kier alpha value is -3.16. The van der Waals surface area contributed by atoms with Crippen LogP contribution in [-0.4, -0.2) is 49.8 Å². The number of carbonyl (C=O) groups excluding carboxylic acids is 2. The van der Waals surface area contributed by atoms with Gasteiger partial charge in [-0.25, -0.2) is 4.79 Å². The number of hydrogen-bond acceptors (Lipinski definition) is 7. The van der Waals surface area contributed by atoms with Gasteiger partial charge in [-0.3, -0.25) is 4.79 Å². The maximum atomic E-state index is 12.7. The van der Waals surface area contributed by atoms with Crippen molar-refractivity contribution in [2.75, 3.05) is 19.8 Å². The molecule has 0 aromatic heterocycles. The first-order chi connectivity index (χ1) is 16.1. The average molecular weight is 450 g/mol. The Kier molecular flexibility index (Phi) is 6.15. The molecule has 0 amide bonds. The molecule has 0 spiro atoms. The Morgan fingerprint density at radius 1 is 1.03 bits per heavy atom. The molecule has 33 heavy (non-hydrogen) atoms. The highest BCUT2D eigenvalue weighted by Crippen LogP contribution is 2.44. The minimum Gasteiger partial charge on any atom is -0.488 e. The van der Waals surface area contributed by atoms with Crippen molar-refractivity contribution < 1.29 is 33.3 Å². The molecule has 4 atom stereocenters. The molecule has 7 heteroatoms. The molecule has 3 fully saturated rings. The molecule has 0 radical (unpaired) electrons. The molecule has 2 aromatic carbocycles. The molecule has 2 aromatic rings. The van der Waals surface area contributed by atoms with E-state index in [1.165, 1.54) is 0 Å². The molecule has 0 unspecified atom stereocenters. The van der Waals surface area contributed by atoms with E-state index in [2.05, 4.69) is 0 Å². The van der Waals surface area contributed by atoms with Crippen LogP contribution in [0, 0.1) is 11.8 Å². The summed E-state index contributed by atoms with van der Waals surface area (Å²) in [6.45, 7) is 1.08. The van der Waals surface area contributed by atoms with Gasteiger partial charge in [0, 0.05) is 18.3 Å². The summed E-state index contributed by atoms with van der Waals surface area (Å²) in [5.74, 6) is -1.18. The molecule has 2 heterocycles. The van der Waals surface area contributed by atoms with Crippen LogP contribution in [0.3, 0.4) is 0 Å². The van der Waals surface area contributed by atoms with Crippen molar-refractivity contribution in [1.29, 1.82) is 0 Å². The van der Waals surface area contributed by atoms with E-state index in [0.717, 1.165) is 5.75 Å². The Morgan fingerprint density at radius 2 is 1.73 bits per heavy atom. The van der Waals surface area contributed by atoms with Crippen molar-refractivity contribution in [2.45, 2.75) is 30.8 Å². The van der Waals surface area contributed by atoms with Gasteiger partial charge in [0.15, 0.2) is 0 Å². The minimum atomic E-state index is -1.04. The molecule has 2 aliphatic heterocycles. The maximum absolute atomic E-state index is 12.7. The summed E-state index contributed by atoms with van der Waals surface area (Å²) >= 11 is 0. The summed E-state index contributed by atoms with van der Waals surface area (Å²) in [6, 6.07) is 18.3. The third-order valence-corrected chi connectivity index (χ3v) is 6.35. The van der Waals surface area contributed by atoms with Crippen LogP contribution >= 0.6 is 0 Å². The van der Waals surface area contributed by atoms with Gasteiger partial charge in [-0.2, -0.15) is 0 Å². The molecule has 3 aliphatic rings. The maximum Gasteiger partial charge on any atom is 0.338 e. The number of rotatable bonds is 7. The zero-order chi connectivity index (χ0) is 22.7.